The Hall–Kier alpha value is -4.23. The first-order chi connectivity index (χ1) is 17.6. The molecule has 5 rings (SSSR count). The summed E-state index contributed by atoms with van der Waals surface area (Å²) < 4.78 is 6.39. The molecule has 0 spiro atoms. The van der Waals surface area contributed by atoms with Crippen molar-refractivity contribution in [2.24, 2.45) is 0 Å². The zero-order chi connectivity index (χ0) is 24.9. The number of esters is 1. The Labute approximate surface area is 210 Å². The minimum Gasteiger partial charge on any atom is -0.466 e. The summed E-state index contributed by atoms with van der Waals surface area (Å²) in [6, 6.07) is 25.3. The molecule has 7 heteroatoms. The highest BCUT2D eigenvalue weighted by molar-refractivity contribution is 6.03. The van der Waals surface area contributed by atoms with Crippen molar-refractivity contribution in [3.8, 4) is 0 Å². The van der Waals surface area contributed by atoms with E-state index in [0.717, 1.165) is 49.3 Å². The highest BCUT2D eigenvalue weighted by atomic mass is 16.5. The third kappa shape index (κ3) is 5.06. The van der Waals surface area contributed by atoms with Crippen LogP contribution in [0.5, 0.6) is 0 Å². The fourth-order valence-corrected chi connectivity index (χ4v) is 4.47. The summed E-state index contributed by atoms with van der Waals surface area (Å²) in [5.41, 5.74) is 4.46. The predicted molar refractivity (Wildman–Crippen MR) is 141 cm³/mol. The molecule has 2 heterocycles. The lowest BCUT2D eigenvalue weighted by Crippen LogP contribution is -2.47. The molecule has 1 aliphatic heterocycles. The van der Waals surface area contributed by atoms with Crippen molar-refractivity contribution in [1.82, 2.24) is 14.5 Å². The minimum atomic E-state index is -0.365. The van der Waals surface area contributed by atoms with E-state index in [1.165, 1.54) is 18.7 Å². The van der Waals surface area contributed by atoms with Gasteiger partial charge in [-0.2, -0.15) is 0 Å². The number of ether oxygens (including phenoxy) is 1. The van der Waals surface area contributed by atoms with E-state index < -0.39 is 0 Å². The quantitative estimate of drug-likeness (QED) is 0.304. The SMILES string of the molecule is COC(=O)C=Cc1ccc(CN2CCN(c3nc4ccccc4n3C(=O)c3ccccc3)CC2)cc1. The molecule has 3 aromatic carbocycles. The van der Waals surface area contributed by atoms with Gasteiger partial charge in [-0.15, -0.1) is 0 Å². The third-order valence-corrected chi connectivity index (χ3v) is 6.42. The second-order valence-electron chi connectivity index (χ2n) is 8.77. The van der Waals surface area contributed by atoms with Crippen LogP contribution in [0.25, 0.3) is 17.1 Å². The molecule has 36 heavy (non-hydrogen) atoms. The highest BCUT2D eigenvalue weighted by Gasteiger charge is 2.25. The summed E-state index contributed by atoms with van der Waals surface area (Å²) >= 11 is 0. The van der Waals surface area contributed by atoms with Crippen molar-refractivity contribution < 1.29 is 14.3 Å². The maximum absolute atomic E-state index is 13.5. The molecule has 1 saturated heterocycles. The smallest absolute Gasteiger partial charge is 0.330 e. The van der Waals surface area contributed by atoms with Gasteiger partial charge >= 0.3 is 5.97 Å². The van der Waals surface area contributed by atoms with Gasteiger partial charge in [0.1, 0.15) is 0 Å². The van der Waals surface area contributed by atoms with Crippen LogP contribution in [0.2, 0.25) is 0 Å². The summed E-state index contributed by atoms with van der Waals surface area (Å²) in [6.45, 7) is 4.14. The average Bonchev–Trinajstić information content (AvgIpc) is 3.32. The first kappa shape index (κ1) is 23.5. The van der Waals surface area contributed by atoms with E-state index in [1.54, 1.807) is 10.6 Å². The Morgan fingerprint density at radius 3 is 2.31 bits per heavy atom. The first-order valence-electron chi connectivity index (χ1n) is 12.0. The van der Waals surface area contributed by atoms with Gasteiger partial charge < -0.3 is 9.64 Å². The number of para-hydroxylation sites is 2. The van der Waals surface area contributed by atoms with Crippen LogP contribution in [0.4, 0.5) is 5.95 Å². The number of aromatic nitrogens is 2. The van der Waals surface area contributed by atoms with Crippen molar-refractivity contribution in [3.05, 3.63) is 102 Å². The lowest BCUT2D eigenvalue weighted by atomic mass is 10.1. The number of methoxy groups -OCH3 is 1. The molecule has 1 aliphatic rings. The molecule has 0 amide bonds. The Balaban J connectivity index is 1.28. The summed E-state index contributed by atoms with van der Waals surface area (Å²) in [6.07, 6.45) is 3.17. The minimum absolute atomic E-state index is 0.0666. The van der Waals surface area contributed by atoms with E-state index in [0.29, 0.717) is 11.5 Å². The fourth-order valence-electron chi connectivity index (χ4n) is 4.47. The molecule has 1 fully saturated rings. The number of piperazine rings is 1. The molecule has 0 aliphatic carbocycles. The first-order valence-corrected chi connectivity index (χ1v) is 12.0. The maximum Gasteiger partial charge on any atom is 0.330 e. The second-order valence-corrected chi connectivity index (χ2v) is 8.77. The fraction of sp³-hybridized carbons (Fsp3) is 0.207. The molecule has 1 aromatic heterocycles. The normalized spacial score (nSPS) is 14.4. The molecule has 0 unspecified atom stereocenters. The number of carbonyl (C=O) groups is 2. The Morgan fingerprint density at radius 2 is 1.58 bits per heavy atom. The van der Waals surface area contributed by atoms with E-state index in [1.807, 2.05) is 66.7 Å². The molecule has 0 saturated carbocycles. The Bertz CT molecular complexity index is 1390. The molecule has 4 aromatic rings. The summed E-state index contributed by atoms with van der Waals surface area (Å²) in [4.78, 5) is 34.2. The van der Waals surface area contributed by atoms with Gasteiger partial charge in [-0.1, -0.05) is 54.6 Å². The number of fused-ring (bicyclic) bond motifs is 1. The van der Waals surface area contributed by atoms with E-state index in [2.05, 4.69) is 26.7 Å². The number of hydrogen-bond donors (Lipinski definition) is 0. The maximum atomic E-state index is 13.5. The average molecular weight is 481 g/mol. The second kappa shape index (κ2) is 10.6. The highest BCUT2D eigenvalue weighted by Crippen LogP contribution is 2.25. The van der Waals surface area contributed by atoms with Gasteiger partial charge in [0.2, 0.25) is 5.95 Å². The predicted octanol–water partition coefficient (Wildman–Crippen LogP) is 4.23. The number of carbonyl (C=O) groups excluding carboxylic acids is 2. The van der Waals surface area contributed by atoms with Crippen LogP contribution in [-0.4, -0.2) is 59.6 Å². The summed E-state index contributed by atoms with van der Waals surface area (Å²) in [7, 11) is 1.37. The van der Waals surface area contributed by atoms with Crippen LogP contribution >= 0.6 is 0 Å². The van der Waals surface area contributed by atoms with Crippen molar-refractivity contribution in [2.75, 3.05) is 38.2 Å². The van der Waals surface area contributed by atoms with Gasteiger partial charge in [0.05, 0.1) is 18.1 Å². The number of imidazole rings is 1. The van der Waals surface area contributed by atoms with Crippen LogP contribution in [0.1, 0.15) is 21.5 Å². The van der Waals surface area contributed by atoms with Crippen molar-refractivity contribution in [2.45, 2.75) is 6.54 Å². The molecule has 0 atom stereocenters. The number of nitrogens with zero attached hydrogens (tertiary/aromatic N) is 4. The van der Waals surface area contributed by atoms with Crippen molar-refractivity contribution in [1.29, 1.82) is 0 Å². The monoisotopic (exact) mass is 480 g/mol. The van der Waals surface area contributed by atoms with Gasteiger partial charge in [0.15, 0.2) is 0 Å². The summed E-state index contributed by atoms with van der Waals surface area (Å²) in [5.74, 6) is 0.269. The lowest BCUT2D eigenvalue weighted by Gasteiger charge is -2.35. The van der Waals surface area contributed by atoms with Crippen LogP contribution in [-0.2, 0) is 16.1 Å². The molecule has 7 nitrogen and oxygen atoms in total. The topological polar surface area (TPSA) is 67.7 Å². The number of anilines is 1. The van der Waals surface area contributed by atoms with E-state index in [4.69, 9.17) is 4.98 Å². The summed E-state index contributed by atoms with van der Waals surface area (Å²) in [5, 5.41) is 0. The van der Waals surface area contributed by atoms with Gasteiger partial charge in [0, 0.05) is 44.4 Å². The number of rotatable bonds is 6. The number of hydrogen-bond acceptors (Lipinski definition) is 6. The van der Waals surface area contributed by atoms with Crippen molar-refractivity contribution in [3.63, 3.8) is 0 Å². The third-order valence-electron chi connectivity index (χ3n) is 6.42. The van der Waals surface area contributed by atoms with Crippen LogP contribution in [0.15, 0.2) is 84.9 Å². The van der Waals surface area contributed by atoms with Gasteiger partial charge in [0.25, 0.3) is 5.91 Å². The Morgan fingerprint density at radius 1 is 0.889 bits per heavy atom. The largest absolute Gasteiger partial charge is 0.466 e. The van der Waals surface area contributed by atoms with E-state index >= 15 is 0 Å². The van der Waals surface area contributed by atoms with Gasteiger partial charge in [-0.25, -0.2) is 14.3 Å². The molecular formula is C29H28N4O3. The van der Waals surface area contributed by atoms with Crippen molar-refractivity contribution >= 4 is 34.9 Å². The molecular weight excluding hydrogens is 452 g/mol. The zero-order valence-electron chi connectivity index (χ0n) is 20.2. The Kier molecular flexibility index (Phi) is 6.91. The van der Waals surface area contributed by atoms with Gasteiger partial charge in [-0.3, -0.25) is 9.69 Å². The van der Waals surface area contributed by atoms with Crippen LogP contribution in [0.3, 0.4) is 0 Å². The van der Waals surface area contributed by atoms with E-state index in [9.17, 15) is 9.59 Å². The standard InChI is InChI=1S/C29H28N4O3/c1-36-27(34)16-15-22-11-13-23(14-12-22)21-31-17-19-32(20-18-31)29-30-25-9-5-6-10-26(25)33(29)28(35)24-7-3-2-4-8-24/h2-16H,17-21H2,1H3. The van der Waals surface area contributed by atoms with Crippen LogP contribution < -0.4 is 4.90 Å². The zero-order valence-corrected chi connectivity index (χ0v) is 20.2. The van der Waals surface area contributed by atoms with E-state index in [-0.39, 0.29) is 11.9 Å². The molecule has 0 radical (unpaired) electrons. The number of benzene rings is 3. The molecule has 182 valence electrons. The molecule has 0 N–H and O–H groups in total. The lowest BCUT2D eigenvalue weighted by molar-refractivity contribution is -0.134. The molecule has 0 bridgehead atoms. The van der Waals surface area contributed by atoms with Crippen LogP contribution in [0, 0.1) is 0 Å². The van der Waals surface area contributed by atoms with Gasteiger partial charge in [-0.05, 0) is 41.5 Å².